The summed E-state index contributed by atoms with van der Waals surface area (Å²) in [6.07, 6.45) is 0. The molecule has 3 heteroatoms. The lowest BCUT2D eigenvalue weighted by Crippen LogP contribution is -2.35. The van der Waals surface area contributed by atoms with Gasteiger partial charge in [0.05, 0.1) is 6.61 Å². The van der Waals surface area contributed by atoms with Crippen LogP contribution in [-0.4, -0.2) is 13.2 Å². The average molecular weight is 352 g/mol. The number of ether oxygens (including phenoxy) is 1. The Labute approximate surface area is 154 Å². The van der Waals surface area contributed by atoms with Crippen molar-refractivity contribution in [3.8, 4) is 0 Å². The monoisotopic (exact) mass is 351 g/mol. The van der Waals surface area contributed by atoms with Crippen LogP contribution in [0.4, 0.5) is 0 Å². The zero-order valence-electron chi connectivity index (χ0n) is 14.3. The Balaban J connectivity index is 2.31. The molecule has 0 heterocycles. The van der Waals surface area contributed by atoms with E-state index in [0.29, 0.717) is 18.2 Å². The first-order valence-corrected chi connectivity index (χ1v) is 8.78. The van der Waals surface area contributed by atoms with Crippen molar-refractivity contribution < 1.29 is 4.74 Å². The molecule has 0 radical (unpaired) electrons. The summed E-state index contributed by atoms with van der Waals surface area (Å²) in [5.41, 5.74) is 9.15. The SMILES string of the molecule is Cc1ccc(C(OCCN)(c2ccccc2)c2ccccc2Cl)cc1. The first-order chi connectivity index (χ1) is 12.2. The highest BCUT2D eigenvalue weighted by Gasteiger charge is 2.38. The van der Waals surface area contributed by atoms with Gasteiger partial charge in [-0.15, -0.1) is 0 Å². The molecule has 0 aliphatic carbocycles. The van der Waals surface area contributed by atoms with Crippen molar-refractivity contribution >= 4 is 11.6 Å². The van der Waals surface area contributed by atoms with Crippen molar-refractivity contribution in [1.82, 2.24) is 0 Å². The molecule has 0 aliphatic rings. The molecule has 0 saturated heterocycles. The normalized spacial score (nSPS) is 13.4. The quantitative estimate of drug-likeness (QED) is 0.640. The van der Waals surface area contributed by atoms with Crippen LogP contribution in [0.1, 0.15) is 22.3 Å². The van der Waals surface area contributed by atoms with E-state index in [4.69, 9.17) is 22.1 Å². The van der Waals surface area contributed by atoms with E-state index in [-0.39, 0.29) is 0 Å². The molecule has 0 spiro atoms. The minimum Gasteiger partial charge on any atom is -0.359 e. The summed E-state index contributed by atoms with van der Waals surface area (Å²) in [5.74, 6) is 0. The van der Waals surface area contributed by atoms with Crippen molar-refractivity contribution in [3.05, 3.63) is 106 Å². The molecule has 1 atom stereocenters. The first kappa shape index (κ1) is 17.7. The molecule has 2 nitrogen and oxygen atoms in total. The van der Waals surface area contributed by atoms with Gasteiger partial charge in [-0.25, -0.2) is 0 Å². The van der Waals surface area contributed by atoms with Gasteiger partial charge in [-0.3, -0.25) is 0 Å². The topological polar surface area (TPSA) is 35.2 Å². The average Bonchev–Trinajstić information content (AvgIpc) is 2.65. The van der Waals surface area contributed by atoms with Crippen LogP contribution in [0.5, 0.6) is 0 Å². The second-order valence-electron chi connectivity index (χ2n) is 6.03. The zero-order chi connectivity index (χ0) is 17.7. The number of benzene rings is 3. The Morgan fingerprint density at radius 1 is 0.840 bits per heavy atom. The molecule has 1 unspecified atom stereocenters. The Morgan fingerprint density at radius 2 is 1.44 bits per heavy atom. The Kier molecular flexibility index (Phi) is 5.54. The van der Waals surface area contributed by atoms with Crippen LogP contribution in [-0.2, 0) is 10.3 Å². The van der Waals surface area contributed by atoms with Crippen molar-refractivity contribution in [2.45, 2.75) is 12.5 Å². The molecule has 128 valence electrons. The van der Waals surface area contributed by atoms with Crippen LogP contribution >= 0.6 is 11.6 Å². The molecule has 0 saturated carbocycles. The van der Waals surface area contributed by atoms with Crippen LogP contribution in [0.2, 0.25) is 5.02 Å². The van der Waals surface area contributed by atoms with Crippen molar-refractivity contribution in [3.63, 3.8) is 0 Å². The van der Waals surface area contributed by atoms with E-state index in [9.17, 15) is 0 Å². The van der Waals surface area contributed by atoms with Gasteiger partial charge in [0, 0.05) is 17.1 Å². The van der Waals surface area contributed by atoms with E-state index in [1.54, 1.807) is 0 Å². The van der Waals surface area contributed by atoms with Crippen molar-refractivity contribution in [1.29, 1.82) is 0 Å². The Morgan fingerprint density at radius 3 is 2.08 bits per heavy atom. The van der Waals surface area contributed by atoms with E-state index in [1.807, 2.05) is 42.5 Å². The van der Waals surface area contributed by atoms with Crippen LogP contribution in [0.15, 0.2) is 78.9 Å². The lowest BCUT2D eigenvalue weighted by Gasteiger charge is -2.36. The van der Waals surface area contributed by atoms with Gasteiger partial charge in [0.1, 0.15) is 5.60 Å². The molecule has 0 aliphatic heterocycles. The number of hydrogen-bond acceptors (Lipinski definition) is 2. The molecule has 3 rings (SSSR count). The highest BCUT2D eigenvalue weighted by Crippen LogP contribution is 2.43. The van der Waals surface area contributed by atoms with Gasteiger partial charge >= 0.3 is 0 Å². The third-order valence-electron chi connectivity index (χ3n) is 4.33. The van der Waals surface area contributed by atoms with Crippen LogP contribution in [0, 0.1) is 6.92 Å². The molecule has 2 N–H and O–H groups in total. The van der Waals surface area contributed by atoms with Crippen LogP contribution < -0.4 is 5.73 Å². The number of halogens is 1. The third-order valence-corrected chi connectivity index (χ3v) is 4.66. The van der Waals surface area contributed by atoms with E-state index < -0.39 is 5.60 Å². The maximum Gasteiger partial charge on any atom is 0.145 e. The van der Waals surface area contributed by atoms with Gasteiger partial charge in [-0.05, 0) is 24.1 Å². The first-order valence-electron chi connectivity index (χ1n) is 8.40. The second-order valence-corrected chi connectivity index (χ2v) is 6.44. The maximum absolute atomic E-state index is 6.61. The molecular formula is C22H22ClNO. The molecule has 0 aromatic heterocycles. The lowest BCUT2D eigenvalue weighted by atomic mass is 9.79. The molecule has 25 heavy (non-hydrogen) atoms. The standard InChI is InChI=1S/C22H22ClNO/c1-17-11-13-19(14-12-17)22(25-16-15-24,18-7-3-2-4-8-18)20-9-5-6-10-21(20)23/h2-14H,15-16,24H2,1H3. The summed E-state index contributed by atoms with van der Waals surface area (Å²) < 4.78 is 6.45. The minimum atomic E-state index is -0.799. The smallest absolute Gasteiger partial charge is 0.145 e. The van der Waals surface area contributed by atoms with E-state index in [1.165, 1.54) is 5.56 Å². The minimum absolute atomic E-state index is 0.425. The molecule has 3 aromatic rings. The Bertz CT molecular complexity index is 817. The number of nitrogens with two attached hydrogens (primary N) is 1. The van der Waals surface area contributed by atoms with Gasteiger partial charge in [-0.1, -0.05) is 90.0 Å². The van der Waals surface area contributed by atoms with E-state index in [0.717, 1.165) is 16.7 Å². The summed E-state index contributed by atoms with van der Waals surface area (Å²) in [7, 11) is 0. The predicted octanol–water partition coefficient (Wildman–Crippen LogP) is 4.92. The second kappa shape index (κ2) is 7.83. The zero-order valence-corrected chi connectivity index (χ0v) is 15.0. The van der Waals surface area contributed by atoms with Crippen molar-refractivity contribution in [2.24, 2.45) is 5.73 Å². The van der Waals surface area contributed by atoms with Gasteiger partial charge in [-0.2, -0.15) is 0 Å². The summed E-state index contributed by atoms with van der Waals surface area (Å²) in [6, 6.07) is 26.4. The molecule has 0 bridgehead atoms. The van der Waals surface area contributed by atoms with Gasteiger partial charge in [0.2, 0.25) is 0 Å². The summed E-state index contributed by atoms with van der Waals surface area (Å²) in [5, 5.41) is 0.670. The highest BCUT2D eigenvalue weighted by atomic mass is 35.5. The molecule has 0 fully saturated rings. The number of aryl methyl sites for hydroxylation is 1. The highest BCUT2D eigenvalue weighted by molar-refractivity contribution is 6.31. The van der Waals surface area contributed by atoms with E-state index >= 15 is 0 Å². The fraction of sp³-hybridized carbons (Fsp3) is 0.182. The van der Waals surface area contributed by atoms with Gasteiger partial charge in [0.15, 0.2) is 0 Å². The number of hydrogen-bond donors (Lipinski definition) is 1. The third kappa shape index (κ3) is 3.47. The fourth-order valence-corrected chi connectivity index (χ4v) is 3.41. The summed E-state index contributed by atoms with van der Waals surface area (Å²) in [6.45, 7) is 2.93. The number of rotatable bonds is 6. The Hall–Kier alpha value is -2.13. The van der Waals surface area contributed by atoms with Crippen molar-refractivity contribution in [2.75, 3.05) is 13.2 Å². The molecular weight excluding hydrogens is 330 g/mol. The lowest BCUT2D eigenvalue weighted by molar-refractivity contribution is 0.0180. The molecule has 3 aromatic carbocycles. The van der Waals surface area contributed by atoms with Crippen LogP contribution in [0.3, 0.4) is 0 Å². The summed E-state index contributed by atoms with van der Waals surface area (Å²) >= 11 is 6.61. The fourth-order valence-electron chi connectivity index (χ4n) is 3.14. The van der Waals surface area contributed by atoms with E-state index in [2.05, 4.69) is 43.3 Å². The maximum atomic E-state index is 6.61. The summed E-state index contributed by atoms with van der Waals surface area (Å²) in [4.78, 5) is 0. The molecule has 0 amide bonds. The van der Waals surface area contributed by atoms with Crippen LogP contribution in [0.25, 0.3) is 0 Å². The predicted molar refractivity (Wildman–Crippen MR) is 104 cm³/mol. The largest absolute Gasteiger partial charge is 0.359 e. The van der Waals surface area contributed by atoms with Gasteiger partial charge < -0.3 is 10.5 Å². The van der Waals surface area contributed by atoms with Gasteiger partial charge in [0.25, 0.3) is 0 Å².